The minimum atomic E-state index is -3.68. The smallest absolute Gasteiger partial charge is 0.335 e. The number of sulfonamides is 1. The maximum atomic E-state index is 12.4. The van der Waals surface area contributed by atoms with Crippen molar-refractivity contribution in [3.63, 3.8) is 0 Å². The van der Waals surface area contributed by atoms with Crippen molar-refractivity contribution in [2.24, 2.45) is 0 Å². The largest absolute Gasteiger partial charge is 0.478 e. The van der Waals surface area contributed by atoms with Crippen LogP contribution in [0.3, 0.4) is 0 Å². The third kappa shape index (κ3) is 3.81. The van der Waals surface area contributed by atoms with Crippen LogP contribution in [0.1, 0.15) is 28.8 Å². The Hall–Kier alpha value is -1.44. The van der Waals surface area contributed by atoms with Gasteiger partial charge in [-0.1, -0.05) is 6.07 Å². The lowest BCUT2D eigenvalue weighted by Gasteiger charge is -2.29. The average molecular weight is 312 g/mol. The number of likely N-dealkylation sites (tertiary alicyclic amines) is 1. The molecule has 2 rings (SSSR count). The predicted molar refractivity (Wildman–Crippen MR) is 79.0 cm³/mol. The van der Waals surface area contributed by atoms with Crippen molar-refractivity contribution < 1.29 is 18.3 Å². The number of piperidine rings is 1. The number of carboxylic acids is 1. The van der Waals surface area contributed by atoms with Crippen LogP contribution in [0.2, 0.25) is 0 Å². The number of nitrogens with one attached hydrogen (secondary N) is 1. The number of benzene rings is 1. The van der Waals surface area contributed by atoms with E-state index >= 15 is 0 Å². The lowest BCUT2D eigenvalue weighted by molar-refractivity contribution is 0.0696. The maximum Gasteiger partial charge on any atom is 0.335 e. The van der Waals surface area contributed by atoms with Gasteiger partial charge >= 0.3 is 5.97 Å². The molecule has 1 aromatic carbocycles. The Bertz CT molecular complexity index is 634. The molecule has 0 radical (unpaired) electrons. The molecule has 116 valence electrons. The Morgan fingerprint density at radius 2 is 1.95 bits per heavy atom. The summed E-state index contributed by atoms with van der Waals surface area (Å²) in [5.41, 5.74) is 0.557. The number of rotatable bonds is 4. The SMILES string of the molecule is Cc1ccc(S(=O)(=O)NC2CCN(C)CC2)cc1C(=O)O. The van der Waals surface area contributed by atoms with Gasteiger partial charge in [-0.15, -0.1) is 0 Å². The molecule has 0 aliphatic carbocycles. The highest BCUT2D eigenvalue weighted by atomic mass is 32.2. The fraction of sp³-hybridized carbons (Fsp3) is 0.500. The summed E-state index contributed by atoms with van der Waals surface area (Å²) in [6.07, 6.45) is 1.51. The van der Waals surface area contributed by atoms with Crippen molar-refractivity contribution in [2.45, 2.75) is 30.7 Å². The van der Waals surface area contributed by atoms with Gasteiger partial charge in [-0.05, 0) is 57.6 Å². The summed E-state index contributed by atoms with van der Waals surface area (Å²) >= 11 is 0. The Kier molecular flexibility index (Phi) is 4.65. The van der Waals surface area contributed by atoms with Gasteiger partial charge < -0.3 is 10.0 Å². The van der Waals surface area contributed by atoms with Gasteiger partial charge in [0, 0.05) is 6.04 Å². The molecule has 2 N–H and O–H groups in total. The molecule has 0 unspecified atom stereocenters. The molecule has 6 nitrogen and oxygen atoms in total. The summed E-state index contributed by atoms with van der Waals surface area (Å²) in [6, 6.07) is 4.08. The zero-order valence-corrected chi connectivity index (χ0v) is 13.0. The Balaban J connectivity index is 2.20. The number of carboxylic acid groups (broad SMARTS) is 1. The molecule has 1 fully saturated rings. The fourth-order valence-electron chi connectivity index (χ4n) is 2.41. The predicted octanol–water partition coefficient (Wildman–Crippen LogP) is 1.07. The van der Waals surface area contributed by atoms with E-state index in [1.54, 1.807) is 6.92 Å². The minimum absolute atomic E-state index is 0.00410. The van der Waals surface area contributed by atoms with Crippen molar-refractivity contribution in [1.82, 2.24) is 9.62 Å². The standard InChI is InChI=1S/C14H20N2O4S/c1-10-3-4-12(9-13(10)14(17)18)21(19,20)15-11-5-7-16(2)8-6-11/h3-4,9,11,15H,5-8H2,1-2H3,(H,17,18). The summed E-state index contributed by atoms with van der Waals surface area (Å²) in [5, 5.41) is 9.09. The highest BCUT2D eigenvalue weighted by Crippen LogP contribution is 2.18. The molecular weight excluding hydrogens is 292 g/mol. The molecule has 0 saturated carbocycles. The third-order valence-electron chi connectivity index (χ3n) is 3.79. The summed E-state index contributed by atoms with van der Waals surface area (Å²) in [5.74, 6) is -1.12. The third-order valence-corrected chi connectivity index (χ3v) is 5.31. The summed E-state index contributed by atoms with van der Waals surface area (Å²) < 4.78 is 27.4. The van der Waals surface area contributed by atoms with Gasteiger partial charge in [0.15, 0.2) is 0 Å². The number of aryl methyl sites for hydroxylation is 1. The second kappa shape index (κ2) is 6.13. The van der Waals surface area contributed by atoms with Crippen molar-refractivity contribution >= 4 is 16.0 Å². The summed E-state index contributed by atoms with van der Waals surface area (Å²) in [6.45, 7) is 3.34. The molecule has 0 atom stereocenters. The molecule has 0 aromatic heterocycles. The fourth-order valence-corrected chi connectivity index (χ4v) is 3.74. The van der Waals surface area contributed by atoms with Gasteiger partial charge in [-0.25, -0.2) is 17.9 Å². The molecule has 21 heavy (non-hydrogen) atoms. The monoisotopic (exact) mass is 312 g/mol. The number of aromatic carboxylic acids is 1. The van der Waals surface area contributed by atoms with Gasteiger partial charge in [0.05, 0.1) is 10.5 Å². The Labute approximate surface area is 124 Å². The first-order chi connectivity index (χ1) is 9.79. The van der Waals surface area contributed by atoms with Crippen LogP contribution in [-0.4, -0.2) is 50.6 Å². The molecule has 1 aliphatic rings. The maximum absolute atomic E-state index is 12.4. The average Bonchev–Trinajstić information content (AvgIpc) is 2.41. The lowest BCUT2D eigenvalue weighted by Crippen LogP contribution is -2.43. The van der Waals surface area contributed by atoms with Crippen LogP contribution in [-0.2, 0) is 10.0 Å². The minimum Gasteiger partial charge on any atom is -0.478 e. The van der Waals surface area contributed by atoms with Crippen LogP contribution in [0.15, 0.2) is 23.1 Å². The van der Waals surface area contributed by atoms with Crippen LogP contribution >= 0.6 is 0 Å². The van der Waals surface area contributed by atoms with E-state index < -0.39 is 16.0 Å². The number of hydrogen-bond acceptors (Lipinski definition) is 4. The van der Waals surface area contributed by atoms with E-state index in [1.165, 1.54) is 18.2 Å². The van der Waals surface area contributed by atoms with Crippen molar-refractivity contribution in [1.29, 1.82) is 0 Å². The van der Waals surface area contributed by atoms with Gasteiger partial charge in [-0.2, -0.15) is 0 Å². The second-order valence-electron chi connectivity index (χ2n) is 5.48. The number of hydrogen-bond donors (Lipinski definition) is 2. The van der Waals surface area contributed by atoms with Crippen LogP contribution in [0, 0.1) is 6.92 Å². The van der Waals surface area contributed by atoms with E-state index in [1.807, 2.05) is 7.05 Å². The Morgan fingerprint density at radius 1 is 1.33 bits per heavy atom. The second-order valence-corrected chi connectivity index (χ2v) is 7.19. The zero-order valence-electron chi connectivity index (χ0n) is 12.2. The molecule has 1 aromatic rings. The zero-order chi connectivity index (χ0) is 15.6. The number of nitrogens with zero attached hydrogens (tertiary/aromatic N) is 1. The first-order valence-corrected chi connectivity index (χ1v) is 8.33. The molecule has 1 heterocycles. The molecular formula is C14H20N2O4S. The van der Waals surface area contributed by atoms with Crippen LogP contribution in [0.25, 0.3) is 0 Å². The van der Waals surface area contributed by atoms with Gasteiger partial charge in [0.2, 0.25) is 10.0 Å². The lowest BCUT2D eigenvalue weighted by atomic mass is 10.1. The first kappa shape index (κ1) is 15.9. The first-order valence-electron chi connectivity index (χ1n) is 6.84. The van der Waals surface area contributed by atoms with Crippen LogP contribution in [0.4, 0.5) is 0 Å². The van der Waals surface area contributed by atoms with Gasteiger partial charge in [0.1, 0.15) is 0 Å². The summed E-state index contributed by atoms with van der Waals surface area (Å²) in [7, 11) is -1.68. The van der Waals surface area contributed by atoms with E-state index in [0.717, 1.165) is 25.9 Å². The van der Waals surface area contributed by atoms with Crippen LogP contribution in [0.5, 0.6) is 0 Å². The van der Waals surface area contributed by atoms with Crippen molar-refractivity contribution in [3.05, 3.63) is 29.3 Å². The topological polar surface area (TPSA) is 86.7 Å². The molecule has 0 spiro atoms. The van der Waals surface area contributed by atoms with Gasteiger partial charge in [0.25, 0.3) is 0 Å². The number of carbonyl (C=O) groups is 1. The highest BCUT2D eigenvalue weighted by molar-refractivity contribution is 7.89. The van der Waals surface area contributed by atoms with E-state index in [0.29, 0.717) is 5.56 Å². The van der Waals surface area contributed by atoms with E-state index in [4.69, 9.17) is 5.11 Å². The van der Waals surface area contributed by atoms with Crippen molar-refractivity contribution in [2.75, 3.05) is 20.1 Å². The molecule has 0 amide bonds. The molecule has 1 saturated heterocycles. The normalized spacial score (nSPS) is 17.8. The quantitative estimate of drug-likeness (QED) is 0.868. The summed E-state index contributed by atoms with van der Waals surface area (Å²) in [4.78, 5) is 13.3. The Morgan fingerprint density at radius 3 is 2.52 bits per heavy atom. The van der Waals surface area contributed by atoms with E-state index in [2.05, 4.69) is 9.62 Å². The molecule has 7 heteroatoms. The highest BCUT2D eigenvalue weighted by Gasteiger charge is 2.24. The van der Waals surface area contributed by atoms with Crippen LogP contribution < -0.4 is 4.72 Å². The molecule has 1 aliphatic heterocycles. The molecule has 0 bridgehead atoms. The van der Waals surface area contributed by atoms with E-state index in [-0.39, 0.29) is 16.5 Å². The van der Waals surface area contributed by atoms with Crippen molar-refractivity contribution in [3.8, 4) is 0 Å². The van der Waals surface area contributed by atoms with E-state index in [9.17, 15) is 13.2 Å². The van der Waals surface area contributed by atoms with Gasteiger partial charge in [-0.3, -0.25) is 0 Å².